The molecular weight excluding hydrogens is 325 g/mol. The van der Waals surface area contributed by atoms with Crippen LogP contribution in [0.15, 0.2) is 41.0 Å². The van der Waals surface area contributed by atoms with E-state index in [0.29, 0.717) is 32.9 Å². The molecule has 1 aromatic carbocycles. The van der Waals surface area contributed by atoms with Crippen LogP contribution in [0.4, 0.5) is 10.2 Å². The second kappa shape index (κ2) is 4.79. The summed E-state index contributed by atoms with van der Waals surface area (Å²) in [4.78, 5) is 4.46. The molecule has 2 N–H and O–H groups in total. The highest BCUT2D eigenvalue weighted by molar-refractivity contribution is 9.10. The zero-order valence-corrected chi connectivity index (χ0v) is 12.2. The van der Waals surface area contributed by atoms with Crippen molar-refractivity contribution in [3.63, 3.8) is 0 Å². The lowest BCUT2D eigenvalue weighted by Gasteiger charge is -2.01. The summed E-state index contributed by atoms with van der Waals surface area (Å²) in [7, 11) is 1.57. The maximum atomic E-state index is 13.7. The Labute approximate surface area is 123 Å². The van der Waals surface area contributed by atoms with E-state index in [1.54, 1.807) is 35.9 Å². The predicted octanol–water partition coefficient (Wildman–Crippen LogP) is 3.49. The number of nitrogen functional groups attached to an aromatic ring is 1. The third-order valence-electron chi connectivity index (χ3n) is 3.06. The molecular formula is C14H11BrFN3O. The number of hydrogen-bond donors (Lipinski definition) is 1. The Balaban J connectivity index is 2.26. The number of benzene rings is 1. The first-order chi connectivity index (χ1) is 9.61. The number of rotatable bonds is 2. The van der Waals surface area contributed by atoms with E-state index in [0.717, 1.165) is 0 Å². The molecule has 0 saturated heterocycles. The van der Waals surface area contributed by atoms with Gasteiger partial charge < -0.3 is 10.5 Å². The fraction of sp³-hybridized carbons (Fsp3) is 0.0714. The van der Waals surface area contributed by atoms with Gasteiger partial charge in [-0.3, -0.25) is 4.40 Å². The molecule has 0 spiro atoms. The number of ether oxygens (including phenoxy) is 1. The van der Waals surface area contributed by atoms with Crippen LogP contribution in [0.2, 0.25) is 0 Å². The Morgan fingerprint density at radius 1 is 1.35 bits per heavy atom. The molecule has 0 unspecified atom stereocenters. The smallest absolute Gasteiger partial charge is 0.181 e. The lowest BCUT2D eigenvalue weighted by atomic mass is 10.1. The average molecular weight is 336 g/mol. The molecule has 0 amide bonds. The van der Waals surface area contributed by atoms with Crippen LogP contribution in [-0.2, 0) is 0 Å². The van der Waals surface area contributed by atoms with Gasteiger partial charge in [0.25, 0.3) is 0 Å². The van der Waals surface area contributed by atoms with E-state index in [1.807, 2.05) is 6.07 Å². The van der Waals surface area contributed by atoms with Gasteiger partial charge in [0, 0.05) is 11.8 Å². The van der Waals surface area contributed by atoms with E-state index in [4.69, 9.17) is 10.5 Å². The minimum absolute atomic E-state index is 0.356. The van der Waals surface area contributed by atoms with Crippen molar-refractivity contribution in [3.05, 3.63) is 46.8 Å². The number of nitrogens with two attached hydrogens (primary N) is 1. The van der Waals surface area contributed by atoms with Crippen LogP contribution in [-0.4, -0.2) is 16.5 Å². The summed E-state index contributed by atoms with van der Waals surface area (Å²) in [6.45, 7) is 0. The van der Waals surface area contributed by atoms with Gasteiger partial charge in [0.1, 0.15) is 17.3 Å². The van der Waals surface area contributed by atoms with Crippen molar-refractivity contribution in [1.29, 1.82) is 0 Å². The van der Waals surface area contributed by atoms with Gasteiger partial charge in [-0.25, -0.2) is 9.37 Å². The molecule has 102 valence electrons. The van der Waals surface area contributed by atoms with Gasteiger partial charge in [0.05, 0.1) is 11.6 Å². The normalized spacial score (nSPS) is 10.9. The van der Waals surface area contributed by atoms with Crippen LogP contribution in [0.1, 0.15) is 0 Å². The molecule has 0 aliphatic heterocycles. The van der Waals surface area contributed by atoms with Crippen LogP contribution >= 0.6 is 15.9 Å². The van der Waals surface area contributed by atoms with Crippen molar-refractivity contribution >= 4 is 27.4 Å². The summed E-state index contributed by atoms with van der Waals surface area (Å²) in [6, 6.07) is 8.40. The second-order valence-corrected chi connectivity index (χ2v) is 5.10. The number of imidazole rings is 1. The van der Waals surface area contributed by atoms with Crippen molar-refractivity contribution in [2.24, 2.45) is 0 Å². The van der Waals surface area contributed by atoms with Gasteiger partial charge in [-0.05, 0) is 40.2 Å². The molecule has 3 aromatic rings. The van der Waals surface area contributed by atoms with Gasteiger partial charge in [-0.1, -0.05) is 6.07 Å². The maximum Gasteiger partial charge on any atom is 0.181 e. The Kier molecular flexibility index (Phi) is 3.10. The molecule has 0 bridgehead atoms. The third kappa shape index (κ3) is 1.92. The van der Waals surface area contributed by atoms with Crippen molar-refractivity contribution in [2.45, 2.75) is 0 Å². The first kappa shape index (κ1) is 12.9. The van der Waals surface area contributed by atoms with Crippen molar-refractivity contribution in [3.8, 4) is 17.0 Å². The number of aromatic nitrogens is 2. The summed E-state index contributed by atoms with van der Waals surface area (Å²) in [5.41, 5.74) is 7.84. The third-order valence-corrected chi connectivity index (χ3v) is 3.71. The van der Waals surface area contributed by atoms with Crippen LogP contribution in [0.5, 0.6) is 5.75 Å². The number of pyridine rings is 1. The minimum Gasteiger partial charge on any atom is -0.493 e. The zero-order valence-electron chi connectivity index (χ0n) is 10.6. The maximum absolute atomic E-state index is 13.7. The summed E-state index contributed by atoms with van der Waals surface area (Å²) >= 11 is 3.13. The highest BCUT2D eigenvalue weighted by Gasteiger charge is 2.15. The molecule has 0 saturated carbocycles. The number of fused-ring (bicyclic) bond motifs is 1. The molecule has 20 heavy (non-hydrogen) atoms. The van der Waals surface area contributed by atoms with E-state index in [2.05, 4.69) is 20.9 Å². The van der Waals surface area contributed by atoms with E-state index in [1.165, 1.54) is 6.07 Å². The topological polar surface area (TPSA) is 52.5 Å². The molecule has 4 nitrogen and oxygen atoms in total. The van der Waals surface area contributed by atoms with Crippen LogP contribution in [0, 0.1) is 5.82 Å². The minimum atomic E-state index is -0.356. The molecule has 3 rings (SSSR count). The van der Waals surface area contributed by atoms with Gasteiger partial charge in [0.15, 0.2) is 11.4 Å². The Hall–Kier alpha value is -2.08. The molecule has 0 atom stereocenters. The first-order valence-corrected chi connectivity index (χ1v) is 6.67. The Bertz CT molecular complexity index is 800. The Morgan fingerprint density at radius 3 is 2.85 bits per heavy atom. The number of halogens is 2. The molecule has 0 fully saturated rings. The van der Waals surface area contributed by atoms with Gasteiger partial charge in [-0.15, -0.1) is 0 Å². The number of methoxy groups -OCH3 is 1. The molecule has 0 radical (unpaired) electrons. The van der Waals surface area contributed by atoms with E-state index in [-0.39, 0.29) is 5.82 Å². The van der Waals surface area contributed by atoms with E-state index < -0.39 is 0 Å². The summed E-state index contributed by atoms with van der Waals surface area (Å²) < 4.78 is 21.0. The Morgan fingerprint density at radius 2 is 2.15 bits per heavy atom. The highest BCUT2D eigenvalue weighted by Crippen LogP contribution is 2.31. The number of anilines is 1. The van der Waals surface area contributed by atoms with Crippen LogP contribution in [0.3, 0.4) is 0 Å². The summed E-state index contributed by atoms with van der Waals surface area (Å²) in [5.74, 6) is 0.703. The fourth-order valence-corrected chi connectivity index (χ4v) is 2.32. The van der Waals surface area contributed by atoms with Crippen molar-refractivity contribution < 1.29 is 9.13 Å². The number of hydrogen-bond acceptors (Lipinski definition) is 3. The van der Waals surface area contributed by atoms with E-state index in [9.17, 15) is 4.39 Å². The quantitative estimate of drug-likeness (QED) is 0.779. The molecule has 0 aliphatic carbocycles. The largest absolute Gasteiger partial charge is 0.493 e. The van der Waals surface area contributed by atoms with Crippen molar-refractivity contribution in [2.75, 3.05) is 12.8 Å². The van der Waals surface area contributed by atoms with E-state index >= 15 is 0 Å². The van der Waals surface area contributed by atoms with Crippen LogP contribution in [0.25, 0.3) is 16.9 Å². The van der Waals surface area contributed by atoms with Crippen molar-refractivity contribution in [1.82, 2.24) is 9.38 Å². The standard InChI is InChI=1S/C14H11BrFN3O/c1-20-11-3-2-6-19-13(17)12(18-14(11)19)8-4-5-9(15)10(16)7-8/h2-7H,17H2,1H3. The second-order valence-electron chi connectivity index (χ2n) is 4.24. The lowest BCUT2D eigenvalue weighted by molar-refractivity contribution is 0.417. The monoisotopic (exact) mass is 335 g/mol. The van der Waals surface area contributed by atoms with Gasteiger partial charge in [-0.2, -0.15) is 0 Å². The molecule has 6 heteroatoms. The molecule has 2 heterocycles. The number of nitrogens with zero attached hydrogens (tertiary/aromatic N) is 2. The summed E-state index contributed by atoms with van der Waals surface area (Å²) in [5, 5.41) is 0. The first-order valence-electron chi connectivity index (χ1n) is 5.88. The highest BCUT2D eigenvalue weighted by atomic mass is 79.9. The van der Waals surface area contributed by atoms with Gasteiger partial charge >= 0.3 is 0 Å². The van der Waals surface area contributed by atoms with Gasteiger partial charge in [0.2, 0.25) is 0 Å². The lowest BCUT2D eigenvalue weighted by Crippen LogP contribution is -1.95. The van der Waals surface area contributed by atoms with Crippen LogP contribution < -0.4 is 10.5 Å². The average Bonchev–Trinajstić information content (AvgIpc) is 2.79. The molecule has 2 aromatic heterocycles. The SMILES string of the molecule is COc1cccn2c(N)c(-c3ccc(Br)c(F)c3)nc12. The zero-order chi connectivity index (χ0) is 14.3. The summed E-state index contributed by atoms with van der Waals surface area (Å²) in [6.07, 6.45) is 1.79. The predicted molar refractivity (Wildman–Crippen MR) is 79.3 cm³/mol. The fourth-order valence-electron chi connectivity index (χ4n) is 2.08. The molecule has 0 aliphatic rings.